The number of aryl methyl sites for hydroxylation is 2. The number of amides is 1. The van der Waals surface area contributed by atoms with Crippen LogP contribution < -0.4 is 10.1 Å². The lowest BCUT2D eigenvalue weighted by Gasteiger charge is -2.17. The van der Waals surface area contributed by atoms with E-state index in [0.717, 1.165) is 22.3 Å². The summed E-state index contributed by atoms with van der Waals surface area (Å²) in [7, 11) is 0. The molecule has 2 N–H and O–H groups in total. The maximum atomic E-state index is 12.5. The van der Waals surface area contributed by atoms with E-state index < -0.39 is 24.0 Å². The molecule has 2 atom stereocenters. The van der Waals surface area contributed by atoms with E-state index in [1.165, 1.54) is 0 Å². The number of carboxylic acids is 1. The first-order valence-corrected chi connectivity index (χ1v) is 8.28. The number of benzene rings is 2. The number of hydrogen-bond donors (Lipinski definition) is 2. The fourth-order valence-corrected chi connectivity index (χ4v) is 2.97. The Kier molecular flexibility index (Phi) is 4.74. The van der Waals surface area contributed by atoms with E-state index in [4.69, 9.17) is 4.74 Å². The van der Waals surface area contributed by atoms with Crippen molar-refractivity contribution >= 4 is 11.9 Å². The number of carboxylic acid groups (broad SMARTS) is 1. The van der Waals surface area contributed by atoms with Gasteiger partial charge >= 0.3 is 5.97 Å². The second-order valence-electron chi connectivity index (χ2n) is 6.44. The van der Waals surface area contributed by atoms with Crippen molar-refractivity contribution in [3.63, 3.8) is 0 Å². The van der Waals surface area contributed by atoms with E-state index in [9.17, 15) is 14.7 Å². The summed E-state index contributed by atoms with van der Waals surface area (Å²) in [6.45, 7) is 4.01. The quantitative estimate of drug-likeness (QED) is 0.877. The standard InChI is InChI=1S/C20H21NO4/c1-12-8-15-11-18(25-17(15)9-13(12)2)19(22)21-16(20(23)24)10-14-6-4-3-5-7-14/h3-9,16,18H,10-11H2,1-2H3,(H,21,22)(H,23,24). The summed E-state index contributed by atoms with van der Waals surface area (Å²) in [4.78, 5) is 24.0. The topological polar surface area (TPSA) is 75.6 Å². The maximum Gasteiger partial charge on any atom is 0.326 e. The lowest BCUT2D eigenvalue weighted by molar-refractivity contribution is -0.142. The van der Waals surface area contributed by atoms with Gasteiger partial charge in [-0.2, -0.15) is 0 Å². The fourth-order valence-electron chi connectivity index (χ4n) is 2.97. The van der Waals surface area contributed by atoms with Crippen LogP contribution in [0.25, 0.3) is 0 Å². The minimum absolute atomic E-state index is 0.236. The third kappa shape index (κ3) is 3.82. The summed E-state index contributed by atoms with van der Waals surface area (Å²) in [5, 5.41) is 12.0. The van der Waals surface area contributed by atoms with Crippen molar-refractivity contribution in [3.8, 4) is 5.75 Å². The van der Waals surface area contributed by atoms with E-state index in [1.54, 1.807) is 0 Å². The predicted octanol–water partition coefficient (Wildman–Crippen LogP) is 2.42. The Bertz CT molecular complexity index is 770. The van der Waals surface area contributed by atoms with Crippen molar-refractivity contribution in [1.82, 2.24) is 5.32 Å². The number of aliphatic carboxylic acids is 1. The third-order valence-corrected chi connectivity index (χ3v) is 4.54. The first-order chi connectivity index (χ1) is 11.9. The summed E-state index contributed by atoms with van der Waals surface area (Å²) >= 11 is 0. The number of nitrogens with one attached hydrogen (secondary N) is 1. The largest absolute Gasteiger partial charge is 0.480 e. The summed E-state index contributed by atoms with van der Waals surface area (Å²) in [6, 6.07) is 12.2. The van der Waals surface area contributed by atoms with Crippen LogP contribution in [0.2, 0.25) is 0 Å². The number of ether oxygens (including phenoxy) is 1. The summed E-state index contributed by atoms with van der Waals surface area (Å²) in [5.41, 5.74) is 4.10. The molecule has 3 rings (SSSR count). The molecule has 0 saturated heterocycles. The summed E-state index contributed by atoms with van der Waals surface area (Å²) in [5.74, 6) is -0.743. The van der Waals surface area contributed by atoms with Gasteiger partial charge in [-0.25, -0.2) is 4.79 Å². The van der Waals surface area contributed by atoms with E-state index in [0.29, 0.717) is 12.2 Å². The number of hydrogen-bond acceptors (Lipinski definition) is 3. The van der Waals surface area contributed by atoms with Gasteiger partial charge < -0.3 is 15.2 Å². The molecule has 0 aliphatic carbocycles. The zero-order chi connectivity index (χ0) is 18.0. The molecule has 1 aliphatic heterocycles. The molecular formula is C20H21NO4. The highest BCUT2D eigenvalue weighted by Crippen LogP contribution is 2.31. The molecule has 130 valence electrons. The molecule has 2 aromatic carbocycles. The van der Waals surface area contributed by atoms with E-state index >= 15 is 0 Å². The van der Waals surface area contributed by atoms with Crippen molar-refractivity contribution < 1.29 is 19.4 Å². The second kappa shape index (κ2) is 6.97. The molecule has 5 heteroatoms. The van der Waals surface area contributed by atoms with Gasteiger partial charge in [0, 0.05) is 12.8 Å². The monoisotopic (exact) mass is 339 g/mol. The van der Waals surface area contributed by atoms with Gasteiger partial charge in [-0.3, -0.25) is 4.79 Å². The average Bonchev–Trinajstić information content (AvgIpc) is 2.98. The number of carbonyl (C=O) groups is 2. The molecule has 0 saturated carbocycles. The van der Waals surface area contributed by atoms with Gasteiger partial charge in [-0.15, -0.1) is 0 Å². The van der Waals surface area contributed by atoms with Gasteiger partial charge in [-0.1, -0.05) is 36.4 Å². The molecule has 5 nitrogen and oxygen atoms in total. The minimum Gasteiger partial charge on any atom is -0.480 e. The number of fused-ring (bicyclic) bond motifs is 1. The Balaban J connectivity index is 1.67. The van der Waals surface area contributed by atoms with Crippen molar-refractivity contribution in [1.29, 1.82) is 0 Å². The smallest absolute Gasteiger partial charge is 0.326 e. The molecule has 1 aliphatic rings. The molecule has 0 spiro atoms. The molecule has 0 fully saturated rings. The second-order valence-corrected chi connectivity index (χ2v) is 6.44. The van der Waals surface area contributed by atoms with E-state index in [1.807, 2.05) is 56.3 Å². The van der Waals surface area contributed by atoms with Crippen molar-refractivity contribution in [2.75, 3.05) is 0 Å². The molecule has 25 heavy (non-hydrogen) atoms. The Morgan fingerprint density at radius 2 is 1.88 bits per heavy atom. The molecule has 2 aromatic rings. The van der Waals surface area contributed by atoms with Crippen LogP contribution >= 0.6 is 0 Å². The molecule has 0 bridgehead atoms. The van der Waals surface area contributed by atoms with Crippen LogP contribution in [-0.2, 0) is 22.4 Å². The molecule has 2 unspecified atom stereocenters. The molecule has 1 heterocycles. The van der Waals surface area contributed by atoms with Crippen LogP contribution in [0.4, 0.5) is 0 Å². The Morgan fingerprint density at radius 1 is 1.20 bits per heavy atom. The van der Waals surface area contributed by atoms with Gasteiger partial charge in [0.2, 0.25) is 0 Å². The lowest BCUT2D eigenvalue weighted by atomic mass is 10.0. The van der Waals surface area contributed by atoms with Crippen LogP contribution in [0.1, 0.15) is 22.3 Å². The third-order valence-electron chi connectivity index (χ3n) is 4.54. The minimum atomic E-state index is -1.06. The summed E-state index contributed by atoms with van der Waals surface area (Å²) < 4.78 is 5.73. The predicted molar refractivity (Wildman–Crippen MR) is 93.7 cm³/mol. The number of carbonyl (C=O) groups excluding carboxylic acids is 1. The van der Waals surface area contributed by atoms with Crippen LogP contribution in [0.5, 0.6) is 5.75 Å². The Hall–Kier alpha value is -2.82. The van der Waals surface area contributed by atoms with E-state index in [2.05, 4.69) is 5.32 Å². The molecule has 1 amide bonds. The zero-order valence-electron chi connectivity index (χ0n) is 14.3. The normalized spacial score (nSPS) is 16.6. The molecular weight excluding hydrogens is 318 g/mol. The number of rotatable bonds is 5. The van der Waals surface area contributed by atoms with Crippen molar-refractivity contribution in [3.05, 3.63) is 64.7 Å². The fraction of sp³-hybridized carbons (Fsp3) is 0.300. The molecule has 0 aromatic heterocycles. The lowest BCUT2D eigenvalue weighted by Crippen LogP contribution is -2.47. The molecule has 0 radical (unpaired) electrons. The van der Waals surface area contributed by atoms with Crippen LogP contribution in [0, 0.1) is 13.8 Å². The zero-order valence-corrected chi connectivity index (χ0v) is 14.3. The van der Waals surface area contributed by atoms with Crippen molar-refractivity contribution in [2.24, 2.45) is 0 Å². The Morgan fingerprint density at radius 3 is 2.56 bits per heavy atom. The SMILES string of the molecule is Cc1cc2c(cc1C)OC(C(=O)NC(Cc1ccccc1)C(=O)O)C2. The van der Waals surface area contributed by atoms with Gasteiger partial charge in [0.05, 0.1) is 0 Å². The van der Waals surface area contributed by atoms with Crippen LogP contribution in [0.15, 0.2) is 42.5 Å². The first-order valence-electron chi connectivity index (χ1n) is 8.28. The van der Waals surface area contributed by atoms with Crippen LogP contribution in [0.3, 0.4) is 0 Å². The van der Waals surface area contributed by atoms with Crippen molar-refractivity contribution in [2.45, 2.75) is 38.8 Å². The van der Waals surface area contributed by atoms with Gasteiger partial charge in [0.25, 0.3) is 5.91 Å². The highest BCUT2D eigenvalue weighted by atomic mass is 16.5. The Labute approximate surface area is 146 Å². The summed E-state index contributed by atoms with van der Waals surface area (Å²) in [6.07, 6.45) is 0.00793. The highest BCUT2D eigenvalue weighted by Gasteiger charge is 2.32. The average molecular weight is 339 g/mol. The van der Waals surface area contributed by atoms with E-state index in [-0.39, 0.29) is 6.42 Å². The van der Waals surface area contributed by atoms with Gasteiger partial charge in [0.1, 0.15) is 11.8 Å². The highest BCUT2D eigenvalue weighted by molar-refractivity contribution is 5.87. The van der Waals surface area contributed by atoms with Crippen LogP contribution in [-0.4, -0.2) is 29.1 Å². The first kappa shape index (κ1) is 17.0. The van der Waals surface area contributed by atoms with Gasteiger partial charge in [-0.05, 0) is 42.2 Å². The maximum absolute atomic E-state index is 12.5. The van der Waals surface area contributed by atoms with Gasteiger partial charge in [0.15, 0.2) is 6.10 Å².